The molecule has 6 nitrogen and oxygen atoms in total. The van der Waals surface area contributed by atoms with Gasteiger partial charge in [-0.05, 0) is 55.8 Å². The lowest BCUT2D eigenvalue weighted by Crippen LogP contribution is -2.24. The second kappa shape index (κ2) is 9.98. The van der Waals surface area contributed by atoms with E-state index in [4.69, 9.17) is 9.47 Å². The number of ether oxygens (including phenoxy) is 2. The summed E-state index contributed by atoms with van der Waals surface area (Å²) in [7, 11) is 3.24. The van der Waals surface area contributed by atoms with Crippen molar-refractivity contribution in [1.29, 1.82) is 0 Å². The van der Waals surface area contributed by atoms with Gasteiger partial charge < -0.3 is 19.4 Å². The molecule has 0 aliphatic carbocycles. The number of hydrogen-bond acceptors (Lipinski definition) is 4. The number of ketones is 1. The van der Waals surface area contributed by atoms with Gasteiger partial charge in [-0.15, -0.1) is 0 Å². The van der Waals surface area contributed by atoms with Crippen molar-refractivity contribution in [3.05, 3.63) is 71.4 Å². The van der Waals surface area contributed by atoms with Gasteiger partial charge in [0.2, 0.25) is 5.91 Å². The molecule has 0 spiro atoms. The van der Waals surface area contributed by atoms with Gasteiger partial charge in [0.1, 0.15) is 11.5 Å². The average molecular weight is 421 g/mol. The lowest BCUT2D eigenvalue weighted by atomic mass is 10.1. The molecule has 3 aromatic rings. The lowest BCUT2D eigenvalue weighted by molar-refractivity contribution is -0.121. The normalized spacial score (nSPS) is 10.6. The van der Waals surface area contributed by atoms with Gasteiger partial charge in [0.15, 0.2) is 5.78 Å². The molecule has 0 aliphatic rings. The molecule has 1 heterocycles. The number of carbonyl (C=O) groups is 2. The van der Waals surface area contributed by atoms with Crippen LogP contribution < -0.4 is 14.8 Å². The molecule has 0 saturated heterocycles. The van der Waals surface area contributed by atoms with Crippen LogP contribution in [-0.4, -0.2) is 30.5 Å². The first-order chi connectivity index (χ1) is 14.9. The van der Waals surface area contributed by atoms with E-state index >= 15 is 0 Å². The summed E-state index contributed by atoms with van der Waals surface area (Å²) in [6.45, 7) is 4.34. The SMILES string of the molecule is COc1ccc(-c2cc(C(C)=O)c(C)n2CCC(=O)NCc2ccccc2OC)cc1. The molecule has 1 N–H and O–H groups in total. The van der Waals surface area contributed by atoms with E-state index in [-0.39, 0.29) is 11.7 Å². The van der Waals surface area contributed by atoms with Crippen LogP contribution >= 0.6 is 0 Å². The number of carbonyl (C=O) groups excluding carboxylic acids is 2. The number of Topliss-reactive ketones (excluding diaryl/α,β-unsaturated/α-hetero) is 1. The molecular formula is C25H28N2O4. The van der Waals surface area contributed by atoms with Gasteiger partial charge >= 0.3 is 0 Å². The number of amides is 1. The molecule has 0 fully saturated rings. The third-order valence-corrected chi connectivity index (χ3v) is 5.36. The Morgan fingerprint density at radius 1 is 1.00 bits per heavy atom. The minimum atomic E-state index is -0.0657. The molecule has 2 aromatic carbocycles. The summed E-state index contributed by atoms with van der Waals surface area (Å²) < 4.78 is 12.6. The first-order valence-electron chi connectivity index (χ1n) is 10.2. The number of benzene rings is 2. The highest BCUT2D eigenvalue weighted by atomic mass is 16.5. The third kappa shape index (κ3) is 5.15. The van der Waals surface area contributed by atoms with Crippen LogP contribution in [0.1, 0.15) is 35.0 Å². The Bertz CT molecular complexity index is 1070. The predicted octanol–water partition coefficient (Wildman–Crippen LogP) is 4.39. The van der Waals surface area contributed by atoms with Gasteiger partial charge in [0.05, 0.1) is 14.2 Å². The van der Waals surface area contributed by atoms with Crippen molar-refractivity contribution in [2.45, 2.75) is 33.4 Å². The Morgan fingerprint density at radius 3 is 2.35 bits per heavy atom. The monoisotopic (exact) mass is 420 g/mol. The Balaban J connectivity index is 1.75. The van der Waals surface area contributed by atoms with Crippen LogP contribution in [0.25, 0.3) is 11.3 Å². The average Bonchev–Trinajstić information content (AvgIpc) is 3.12. The van der Waals surface area contributed by atoms with E-state index in [9.17, 15) is 9.59 Å². The summed E-state index contributed by atoms with van der Waals surface area (Å²) >= 11 is 0. The standard InChI is InChI=1S/C25H28N2O4/c1-17-22(18(2)28)15-23(19-9-11-21(30-3)12-10-19)27(17)14-13-25(29)26-16-20-7-5-6-8-24(20)31-4/h5-12,15H,13-14,16H2,1-4H3,(H,26,29). The molecule has 3 rings (SSSR count). The summed E-state index contributed by atoms with van der Waals surface area (Å²) in [5.41, 5.74) is 4.32. The molecule has 0 saturated carbocycles. The van der Waals surface area contributed by atoms with E-state index < -0.39 is 0 Å². The van der Waals surface area contributed by atoms with E-state index in [2.05, 4.69) is 5.32 Å². The van der Waals surface area contributed by atoms with Crippen LogP contribution in [0, 0.1) is 6.92 Å². The number of nitrogens with zero attached hydrogens (tertiary/aromatic N) is 1. The molecule has 1 amide bonds. The second-order valence-electron chi connectivity index (χ2n) is 7.30. The Hall–Kier alpha value is -3.54. The van der Waals surface area contributed by atoms with Gasteiger partial charge in [-0.3, -0.25) is 9.59 Å². The minimum Gasteiger partial charge on any atom is -0.497 e. The van der Waals surface area contributed by atoms with Crippen LogP contribution in [0.3, 0.4) is 0 Å². The Kier molecular flexibility index (Phi) is 7.13. The lowest BCUT2D eigenvalue weighted by Gasteiger charge is -2.13. The fourth-order valence-electron chi connectivity index (χ4n) is 3.64. The van der Waals surface area contributed by atoms with Crippen molar-refractivity contribution in [2.75, 3.05) is 14.2 Å². The van der Waals surface area contributed by atoms with E-state index in [1.807, 2.05) is 66.1 Å². The summed E-state index contributed by atoms with van der Waals surface area (Å²) in [6, 6.07) is 17.2. The maximum atomic E-state index is 12.5. The number of hydrogen-bond donors (Lipinski definition) is 1. The zero-order valence-corrected chi connectivity index (χ0v) is 18.4. The Morgan fingerprint density at radius 2 is 1.71 bits per heavy atom. The quantitative estimate of drug-likeness (QED) is 0.521. The van der Waals surface area contributed by atoms with Crippen LogP contribution in [0.4, 0.5) is 0 Å². The van der Waals surface area contributed by atoms with Crippen molar-refractivity contribution >= 4 is 11.7 Å². The van der Waals surface area contributed by atoms with Gasteiger partial charge in [-0.25, -0.2) is 0 Å². The fourth-order valence-corrected chi connectivity index (χ4v) is 3.64. The zero-order chi connectivity index (χ0) is 22.4. The van der Waals surface area contributed by atoms with Crippen molar-refractivity contribution < 1.29 is 19.1 Å². The molecule has 6 heteroatoms. The highest BCUT2D eigenvalue weighted by molar-refractivity contribution is 5.96. The molecule has 1 aromatic heterocycles. The first-order valence-corrected chi connectivity index (χ1v) is 10.2. The van der Waals surface area contributed by atoms with E-state index in [1.54, 1.807) is 21.1 Å². The third-order valence-electron chi connectivity index (χ3n) is 5.36. The second-order valence-corrected chi connectivity index (χ2v) is 7.30. The fraction of sp³-hybridized carbons (Fsp3) is 0.280. The first kappa shape index (κ1) is 22.2. The smallest absolute Gasteiger partial charge is 0.222 e. The number of rotatable bonds is 9. The molecule has 0 bridgehead atoms. The van der Waals surface area contributed by atoms with Crippen LogP contribution in [-0.2, 0) is 17.9 Å². The van der Waals surface area contributed by atoms with E-state index in [0.717, 1.165) is 34.0 Å². The number of nitrogens with one attached hydrogen (secondary N) is 1. The van der Waals surface area contributed by atoms with Gasteiger partial charge in [-0.2, -0.15) is 0 Å². The van der Waals surface area contributed by atoms with Crippen LogP contribution in [0.15, 0.2) is 54.6 Å². The highest BCUT2D eigenvalue weighted by Gasteiger charge is 2.17. The van der Waals surface area contributed by atoms with Gasteiger partial charge in [-0.1, -0.05) is 18.2 Å². The number of para-hydroxylation sites is 1. The molecule has 0 atom stereocenters. The molecule has 31 heavy (non-hydrogen) atoms. The Labute approximate surface area is 182 Å². The van der Waals surface area contributed by atoms with Gasteiger partial charge in [0.25, 0.3) is 0 Å². The summed E-state index contributed by atoms with van der Waals surface area (Å²) in [5.74, 6) is 1.45. The number of aromatic nitrogens is 1. The van der Waals surface area contributed by atoms with E-state index in [0.29, 0.717) is 25.1 Å². The largest absolute Gasteiger partial charge is 0.497 e. The molecular weight excluding hydrogens is 392 g/mol. The molecule has 0 aliphatic heterocycles. The highest BCUT2D eigenvalue weighted by Crippen LogP contribution is 2.28. The topological polar surface area (TPSA) is 69.6 Å². The summed E-state index contributed by atoms with van der Waals surface area (Å²) in [4.78, 5) is 24.6. The van der Waals surface area contributed by atoms with Crippen LogP contribution in [0.2, 0.25) is 0 Å². The number of methoxy groups -OCH3 is 2. The van der Waals surface area contributed by atoms with Crippen LogP contribution in [0.5, 0.6) is 11.5 Å². The molecule has 0 unspecified atom stereocenters. The predicted molar refractivity (Wildman–Crippen MR) is 121 cm³/mol. The van der Waals surface area contributed by atoms with Gasteiger partial charge in [0, 0.05) is 42.0 Å². The molecule has 0 radical (unpaired) electrons. The summed E-state index contributed by atoms with van der Waals surface area (Å²) in [6.07, 6.45) is 0.297. The summed E-state index contributed by atoms with van der Waals surface area (Å²) in [5, 5.41) is 2.95. The molecule has 162 valence electrons. The zero-order valence-electron chi connectivity index (χ0n) is 18.4. The minimum absolute atomic E-state index is 0.00614. The maximum Gasteiger partial charge on any atom is 0.222 e. The van der Waals surface area contributed by atoms with E-state index in [1.165, 1.54) is 0 Å². The maximum absolute atomic E-state index is 12.5. The van der Waals surface area contributed by atoms with Crippen molar-refractivity contribution in [2.24, 2.45) is 0 Å². The van der Waals surface area contributed by atoms with Crippen molar-refractivity contribution in [3.8, 4) is 22.8 Å². The van der Waals surface area contributed by atoms with Crippen molar-refractivity contribution in [1.82, 2.24) is 9.88 Å². The van der Waals surface area contributed by atoms with Crippen molar-refractivity contribution in [3.63, 3.8) is 0 Å².